The van der Waals surface area contributed by atoms with Crippen molar-refractivity contribution in [2.24, 2.45) is 5.10 Å². The fraction of sp³-hybridized carbons (Fsp3) is 0.107. The number of hydrogen-bond acceptors (Lipinski definition) is 7. The summed E-state index contributed by atoms with van der Waals surface area (Å²) < 4.78 is 21.6. The fourth-order valence-electron chi connectivity index (χ4n) is 3.49. The average Bonchev–Trinajstić information content (AvgIpc) is 2.93. The van der Waals surface area contributed by atoms with Crippen LogP contribution in [0.1, 0.15) is 15.9 Å². The van der Waals surface area contributed by atoms with Crippen LogP contribution in [0.25, 0.3) is 10.8 Å². The molecule has 0 atom stereocenters. The Morgan fingerprint density at radius 3 is 2.33 bits per heavy atom. The predicted molar refractivity (Wildman–Crippen MR) is 136 cm³/mol. The molecule has 8 heteroatoms. The summed E-state index contributed by atoms with van der Waals surface area (Å²) in [6, 6.07) is 24.9. The molecule has 0 spiro atoms. The van der Waals surface area contributed by atoms with Gasteiger partial charge in [-0.25, -0.2) is 10.2 Å². The summed E-state index contributed by atoms with van der Waals surface area (Å²) in [6.45, 7) is -0.196. The summed E-state index contributed by atoms with van der Waals surface area (Å²) in [4.78, 5) is 25.1. The second-order valence-corrected chi connectivity index (χ2v) is 7.55. The highest BCUT2D eigenvalue weighted by Crippen LogP contribution is 2.30. The van der Waals surface area contributed by atoms with E-state index < -0.39 is 11.9 Å². The van der Waals surface area contributed by atoms with E-state index >= 15 is 0 Å². The van der Waals surface area contributed by atoms with Crippen molar-refractivity contribution in [3.8, 4) is 23.0 Å². The maximum absolute atomic E-state index is 12.9. The number of nitrogens with zero attached hydrogens (tertiary/aromatic N) is 1. The lowest BCUT2D eigenvalue weighted by Gasteiger charge is -2.12. The molecule has 0 heterocycles. The Bertz CT molecular complexity index is 1400. The van der Waals surface area contributed by atoms with Crippen molar-refractivity contribution < 1.29 is 28.5 Å². The Morgan fingerprint density at radius 1 is 0.833 bits per heavy atom. The number of esters is 1. The summed E-state index contributed by atoms with van der Waals surface area (Å²) in [6.07, 6.45) is 1.44. The first-order chi connectivity index (χ1) is 17.6. The molecule has 0 aliphatic rings. The van der Waals surface area contributed by atoms with Crippen molar-refractivity contribution in [2.45, 2.75) is 0 Å². The van der Waals surface area contributed by atoms with Crippen molar-refractivity contribution >= 4 is 28.9 Å². The van der Waals surface area contributed by atoms with Crippen LogP contribution < -0.4 is 24.4 Å². The maximum atomic E-state index is 12.9. The van der Waals surface area contributed by atoms with Crippen molar-refractivity contribution in [3.63, 3.8) is 0 Å². The predicted octanol–water partition coefficient (Wildman–Crippen LogP) is 4.61. The molecule has 1 amide bonds. The molecule has 8 nitrogen and oxygen atoms in total. The van der Waals surface area contributed by atoms with Gasteiger partial charge in [0.25, 0.3) is 5.91 Å². The molecule has 1 N–H and O–H groups in total. The number of nitrogens with one attached hydrogen (secondary N) is 1. The number of carbonyl (C=O) groups is 2. The third kappa shape index (κ3) is 5.79. The van der Waals surface area contributed by atoms with Gasteiger partial charge in [0, 0.05) is 5.56 Å². The molecule has 0 unspecified atom stereocenters. The number of hydrazone groups is 1. The number of hydrogen-bond donors (Lipinski definition) is 1. The number of rotatable bonds is 9. The molecule has 36 heavy (non-hydrogen) atoms. The van der Waals surface area contributed by atoms with Crippen molar-refractivity contribution in [1.29, 1.82) is 0 Å². The topological polar surface area (TPSA) is 95.5 Å². The van der Waals surface area contributed by atoms with E-state index in [9.17, 15) is 9.59 Å². The molecule has 0 bridgehead atoms. The zero-order valence-electron chi connectivity index (χ0n) is 19.8. The van der Waals surface area contributed by atoms with Gasteiger partial charge in [-0.1, -0.05) is 48.5 Å². The van der Waals surface area contributed by atoms with E-state index in [0.717, 1.165) is 10.8 Å². The number of benzene rings is 4. The van der Waals surface area contributed by atoms with Gasteiger partial charge in [-0.05, 0) is 47.2 Å². The number of amides is 1. The van der Waals surface area contributed by atoms with Crippen LogP contribution in [0.4, 0.5) is 0 Å². The van der Waals surface area contributed by atoms with Crippen LogP contribution >= 0.6 is 0 Å². The molecule has 0 radical (unpaired) electrons. The molecule has 0 aliphatic heterocycles. The van der Waals surface area contributed by atoms with E-state index in [4.69, 9.17) is 18.9 Å². The second-order valence-electron chi connectivity index (χ2n) is 7.55. The van der Waals surface area contributed by atoms with Gasteiger partial charge >= 0.3 is 5.97 Å². The highest BCUT2D eigenvalue weighted by atomic mass is 16.5. The van der Waals surface area contributed by atoms with Gasteiger partial charge in [0.2, 0.25) is 0 Å². The molecule has 0 saturated heterocycles. The van der Waals surface area contributed by atoms with Crippen molar-refractivity contribution in [3.05, 3.63) is 96.1 Å². The van der Waals surface area contributed by atoms with Crippen molar-refractivity contribution in [1.82, 2.24) is 5.43 Å². The van der Waals surface area contributed by atoms with Crippen LogP contribution in [0.3, 0.4) is 0 Å². The summed E-state index contributed by atoms with van der Waals surface area (Å²) in [5.41, 5.74) is 3.26. The van der Waals surface area contributed by atoms with Gasteiger partial charge in [0.1, 0.15) is 11.5 Å². The number of carbonyl (C=O) groups excluding carboxylic acids is 2. The van der Waals surface area contributed by atoms with Gasteiger partial charge in [-0.3, -0.25) is 4.79 Å². The largest absolute Gasteiger partial charge is 0.493 e. The van der Waals surface area contributed by atoms with Crippen LogP contribution in [0.15, 0.2) is 90.0 Å². The minimum atomic E-state index is -0.582. The number of ether oxygens (including phenoxy) is 4. The van der Waals surface area contributed by atoms with Crippen LogP contribution in [-0.2, 0) is 4.79 Å². The van der Waals surface area contributed by atoms with Crippen LogP contribution in [0.2, 0.25) is 0 Å². The van der Waals surface area contributed by atoms with Gasteiger partial charge in [0.15, 0.2) is 18.1 Å². The summed E-state index contributed by atoms with van der Waals surface area (Å²) in [7, 11) is 3.01. The van der Waals surface area contributed by atoms with E-state index in [1.165, 1.54) is 20.4 Å². The molecule has 182 valence electrons. The molecule has 0 fully saturated rings. The molecule has 4 rings (SSSR count). The molecule has 0 aliphatic carbocycles. The SMILES string of the molecule is COc1ccc(C(=O)Oc2ccc3ccccc3c2/C=N\NC(=O)COc2ccccc2)cc1OC. The zero-order valence-corrected chi connectivity index (χ0v) is 19.8. The lowest BCUT2D eigenvalue weighted by atomic mass is 10.0. The minimum absolute atomic E-state index is 0.196. The van der Waals surface area contributed by atoms with E-state index in [1.54, 1.807) is 36.4 Å². The lowest BCUT2D eigenvalue weighted by molar-refractivity contribution is -0.123. The maximum Gasteiger partial charge on any atom is 0.343 e. The van der Waals surface area contributed by atoms with E-state index in [2.05, 4.69) is 10.5 Å². The molecule has 0 saturated carbocycles. The van der Waals surface area contributed by atoms with E-state index in [-0.39, 0.29) is 17.9 Å². The summed E-state index contributed by atoms with van der Waals surface area (Å²) >= 11 is 0. The normalized spacial score (nSPS) is 10.7. The molecule has 4 aromatic rings. The van der Waals surface area contributed by atoms with Gasteiger partial charge < -0.3 is 18.9 Å². The average molecular weight is 485 g/mol. The fourth-order valence-corrected chi connectivity index (χ4v) is 3.49. The quantitative estimate of drug-likeness (QED) is 0.161. The van der Waals surface area contributed by atoms with E-state index in [1.807, 2.05) is 48.5 Å². The summed E-state index contributed by atoms with van der Waals surface area (Å²) in [5.74, 6) is 0.759. The van der Waals surface area contributed by atoms with Crippen LogP contribution in [-0.4, -0.2) is 38.9 Å². The lowest BCUT2D eigenvalue weighted by Crippen LogP contribution is -2.24. The van der Waals surface area contributed by atoms with Gasteiger partial charge in [0.05, 0.1) is 26.0 Å². The van der Waals surface area contributed by atoms with E-state index in [0.29, 0.717) is 22.8 Å². The van der Waals surface area contributed by atoms with Gasteiger partial charge in [-0.15, -0.1) is 0 Å². The Labute approximate surface area is 208 Å². The standard InChI is InChI=1S/C28H24N2O6/c1-33-25-15-13-20(16-26(25)34-2)28(32)36-24-14-12-19-8-6-7-11-22(19)23(24)17-29-30-27(31)18-35-21-9-4-3-5-10-21/h3-17H,18H2,1-2H3,(H,30,31)/b29-17-. The molecule has 4 aromatic carbocycles. The first kappa shape index (κ1) is 24.3. The first-order valence-corrected chi connectivity index (χ1v) is 11.0. The zero-order chi connectivity index (χ0) is 25.3. The highest BCUT2D eigenvalue weighted by molar-refractivity contribution is 6.04. The number of methoxy groups -OCH3 is 2. The Hall–Kier alpha value is -4.85. The minimum Gasteiger partial charge on any atom is -0.493 e. The summed E-state index contributed by atoms with van der Waals surface area (Å²) in [5, 5.41) is 5.78. The first-order valence-electron chi connectivity index (χ1n) is 11.0. The highest BCUT2D eigenvalue weighted by Gasteiger charge is 2.16. The number of fused-ring (bicyclic) bond motifs is 1. The monoisotopic (exact) mass is 484 g/mol. The third-order valence-electron chi connectivity index (χ3n) is 5.25. The third-order valence-corrected chi connectivity index (χ3v) is 5.25. The molecular weight excluding hydrogens is 460 g/mol. The van der Waals surface area contributed by atoms with Crippen LogP contribution in [0, 0.1) is 0 Å². The molecule has 0 aromatic heterocycles. The number of para-hydroxylation sites is 1. The Balaban J connectivity index is 1.53. The smallest absolute Gasteiger partial charge is 0.343 e. The Morgan fingerprint density at radius 2 is 1.56 bits per heavy atom. The second kappa shape index (κ2) is 11.5. The Kier molecular flexibility index (Phi) is 7.77. The van der Waals surface area contributed by atoms with Crippen molar-refractivity contribution in [2.75, 3.05) is 20.8 Å². The molecular formula is C28H24N2O6. The van der Waals surface area contributed by atoms with Gasteiger partial charge in [-0.2, -0.15) is 5.10 Å². The van der Waals surface area contributed by atoms with Crippen LogP contribution in [0.5, 0.6) is 23.0 Å².